The van der Waals surface area contributed by atoms with E-state index in [9.17, 15) is 4.79 Å². The SMILES string of the molecule is CC.CC1SC[C@H]2NC(=O)N[C@@H]12. The average Bonchev–Trinajstić information content (AvgIpc) is 2.58. The quantitative estimate of drug-likeness (QED) is 0.561. The van der Waals surface area contributed by atoms with Crippen LogP contribution in [0, 0.1) is 0 Å². The van der Waals surface area contributed by atoms with Crippen LogP contribution in [-0.2, 0) is 0 Å². The van der Waals surface area contributed by atoms with Gasteiger partial charge >= 0.3 is 6.03 Å². The molecule has 0 radical (unpaired) electrons. The summed E-state index contributed by atoms with van der Waals surface area (Å²) in [5, 5.41) is 6.34. The van der Waals surface area contributed by atoms with Crippen LogP contribution in [0.4, 0.5) is 4.79 Å². The van der Waals surface area contributed by atoms with Crippen molar-refractivity contribution < 1.29 is 4.79 Å². The predicted octanol–water partition coefficient (Wildman–Crippen LogP) is 1.20. The van der Waals surface area contributed by atoms with E-state index in [2.05, 4.69) is 17.6 Å². The highest BCUT2D eigenvalue weighted by Gasteiger charge is 2.40. The Morgan fingerprint density at radius 2 is 2.08 bits per heavy atom. The van der Waals surface area contributed by atoms with Gasteiger partial charge in [0.15, 0.2) is 0 Å². The van der Waals surface area contributed by atoms with E-state index in [4.69, 9.17) is 0 Å². The molecule has 4 heteroatoms. The number of fused-ring (bicyclic) bond motifs is 1. The highest BCUT2D eigenvalue weighted by molar-refractivity contribution is 8.00. The van der Waals surface area contributed by atoms with Gasteiger partial charge in [0.05, 0.1) is 12.1 Å². The number of amides is 2. The number of thioether (sulfide) groups is 1. The van der Waals surface area contributed by atoms with E-state index in [1.165, 1.54) is 0 Å². The largest absolute Gasteiger partial charge is 0.332 e. The van der Waals surface area contributed by atoms with E-state index in [0.717, 1.165) is 5.75 Å². The highest BCUT2D eigenvalue weighted by atomic mass is 32.2. The first-order valence-electron chi connectivity index (χ1n) is 4.46. The molecule has 0 bridgehead atoms. The number of carbonyl (C=O) groups excluding carboxylic acids is 1. The fraction of sp³-hybridized carbons (Fsp3) is 0.875. The van der Waals surface area contributed by atoms with E-state index in [1.54, 1.807) is 0 Å². The minimum atomic E-state index is 0.00199. The van der Waals surface area contributed by atoms with Gasteiger partial charge in [-0.05, 0) is 0 Å². The van der Waals surface area contributed by atoms with E-state index in [1.807, 2.05) is 25.6 Å². The standard InChI is InChI=1S/C6H10N2OS.C2H6/c1-3-5-4(2-10-3)7-6(9)8-5;1-2/h3-5H,2H2,1H3,(H2,7,8,9);1-2H3/t3?,4-,5+;/m1./s1. The summed E-state index contributed by atoms with van der Waals surface area (Å²) in [6.07, 6.45) is 0. The zero-order chi connectivity index (χ0) is 9.14. The van der Waals surface area contributed by atoms with E-state index >= 15 is 0 Å². The monoisotopic (exact) mass is 188 g/mol. The Balaban J connectivity index is 0.000000336. The fourth-order valence-electron chi connectivity index (χ4n) is 1.50. The van der Waals surface area contributed by atoms with Crippen LogP contribution < -0.4 is 10.6 Å². The number of rotatable bonds is 0. The summed E-state index contributed by atoms with van der Waals surface area (Å²) in [6, 6.07) is 0.757. The lowest BCUT2D eigenvalue weighted by atomic mass is 10.1. The molecule has 0 aliphatic carbocycles. The summed E-state index contributed by atoms with van der Waals surface area (Å²) in [6.45, 7) is 6.16. The second kappa shape index (κ2) is 4.03. The molecular formula is C8H16N2OS. The molecule has 0 saturated carbocycles. The lowest BCUT2D eigenvalue weighted by Crippen LogP contribution is -2.35. The number of hydrogen-bond acceptors (Lipinski definition) is 2. The summed E-state index contributed by atoms with van der Waals surface area (Å²) >= 11 is 1.91. The van der Waals surface area contributed by atoms with Crippen LogP contribution in [0.2, 0.25) is 0 Å². The maximum Gasteiger partial charge on any atom is 0.315 e. The van der Waals surface area contributed by atoms with Crippen LogP contribution in [0.3, 0.4) is 0 Å². The number of carbonyl (C=O) groups is 1. The topological polar surface area (TPSA) is 41.1 Å². The number of urea groups is 1. The van der Waals surface area contributed by atoms with Crippen molar-refractivity contribution in [3.05, 3.63) is 0 Å². The molecular weight excluding hydrogens is 172 g/mol. The summed E-state index contributed by atoms with van der Waals surface area (Å²) in [5.74, 6) is 1.06. The maximum atomic E-state index is 10.8. The van der Waals surface area contributed by atoms with Crippen LogP contribution in [-0.4, -0.2) is 29.1 Å². The van der Waals surface area contributed by atoms with Gasteiger partial charge < -0.3 is 10.6 Å². The van der Waals surface area contributed by atoms with Crippen molar-refractivity contribution in [3.8, 4) is 0 Å². The minimum Gasteiger partial charge on any atom is -0.332 e. The Labute approximate surface area is 77.7 Å². The molecule has 2 aliphatic rings. The highest BCUT2D eigenvalue weighted by Crippen LogP contribution is 2.28. The van der Waals surface area contributed by atoms with E-state index in [-0.39, 0.29) is 6.03 Å². The maximum absolute atomic E-state index is 10.8. The van der Waals surface area contributed by atoms with Crippen molar-refractivity contribution in [1.29, 1.82) is 0 Å². The zero-order valence-electron chi connectivity index (χ0n) is 7.76. The third-order valence-corrected chi connectivity index (χ3v) is 3.46. The van der Waals surface area contributed by atoms with Crippen LogP contribution in [0.1, 0.15) is 20.8 Å². The molecule has 1 unspecified atom stereocenters. The molecule has 0 spiro atoms. The molecule has 2 N–H and O–H groups in total. The molecule has 0 aromatic heterocycles. The normalized spacial score (nSPS) is 37.6. The molecule has 2 aliphatic heterocycles. The summed E-state index contributed by atoms with van der Waals surface area (Å²) in [7, 11) is 0. The van der Waals surface area contributed by atoms with E-state index < -0.39 is 0 Å². The predicted molar refractivity (Wildman–Crippen MR) is 52.5 cm³/mol. The van der Waals surface area contributed by atoms with Crippen LogP contribution in [0.25, 0.3) is 0 Å². The molecule has 12 heavy (non-hydrogen) atoms. The molecule has 2 rings (SSSR count). The van der Waals surface area contributed by atoms with Crippen molar-refractivity contribution in [3.63, 3.8) is 0 Å². The minimum absolute atomic E-state index is 0.00199. The molecule has 2 fully saturated rings. The van der Waals surface area contributed by atoms with Crippen molar-refractivity contribution in [2.45, 2.75) is 38.1 Å². The third kappa shape index (κ3) is 1.68. The summed E-state index contributed by atoms with van der Waals surface area (Å²) in [5.41, 5.74) is 0. The molecule has 3 nitrogen and oxygen atoms in total. The lowest BCUT2D eigenvalue weighted by Gasteiger charge is -2.09. The van der Waals surface area contributed by atoms with Gasteiger partial charge in [0, 0.05) is 11.0 Å². The second-order valence-corrected chi connectivity index (χ2v) is 4.20. The van der Waals surface area contributed by atoms with Crippen molar-refractivity contribution in [2.75, 3.05) is 5.75 Å². The van der Waals surface area contributed by atoms with Gasteiger partial charge in [0.1, 0.15) is 0 Å². The second-order valence-electron chi connectivity index (χ2n) is 2.79. The van der Waals surface area contributed by atoms with Crippen molar-refractivity contribution >= 4 is 17.8 Å². The summed E-state index contributed by atoms with van der Waals surface area (Å²) in [4.78, 5) is 10.8. The van der Waals surface area contributed by atoms with Crippen LogP contribution in [0.5, 0.6) is 0 Å². The van der Waals surface area contributed by atoms with Gasteiger partial charge in [-0.3, -0.25) is 0 Å². The third-order valence-electron chi connectivity index (χ3n) is 2.09. The molecule has 0 aromatic rings. The Bertz CT molecular complexity index is 174. The Morgan fingerprint density at radius 3 is 2.67 bits per heavy atom. The molecule has 70 valence electrons. The Morgan fingerprint density at radius 1 is 1.42 bits per heavy atom. The number of hydrogen-bond donors (Lipinski definition) is 2. The Hall–Kier alpha value is -0.380. The molecule has 3 atom stereocenters. The van der Waals surface area contributed by atoms with Crippen molar-refractivity contribution in [1.82, 2.24) is 10.6 Å². The van der Waals surface area contributed by atoms with Crippen molar-refractivity contribution in [2.24, 2.45) is 0 Å². The van der Waals surface area contributed by atoms with Gasteiger partial charge in [-0.2, -0.15) is 11.8 Å². The molecule has 0 aromatic carbocycles. The molecule has 2 heterocycles. The van der Waals surface area contributed by atoms with Gasteiger partial charge in [0.2, 0.25) is 0 Å². The molecule has 2 amide bonds. The number of nitrogens with one attached hydrogen (secondary N) is 2. The van der Waals surface area contributed by atoms with Gasteiger partial charge in [-0.25, -0.2) is 4.79 Å². The van der Waals surface area contributed by atoms with Gasteiger partial charge in [-0.1, -0.05) is 20.8 Å². The molecule has 2 saturated heterocycles. The van der Waals surface area contributed by atoms with Gasteiger partial charge in [-0.15, -0.1) is 0 Å². The van der Waals surface area contributed by atoms with Crippen LogP contribution in [0.15, 0.2) is 0 Å². The van der Waals surface area contributed by atoms with E-state index in [0.29, 0.717) is 17.3 Å². The zero-order valence-corrected chi connectivity index (χ0v) is 8.57. The average molecular weight is 188 g/mol. The first kappa shape index (κ1) is 9.71. The van der Waals surface area contributed by atoms with Gasteiger partial charge in [0.25, 0.3) is 0 Å². The summed E-state index contributed by atoms with van der Waals surface area (Å²) < 4.78 is 0. The Kier molecular flexibility index (Phi) is 3.26. The van der Waals surface area contributed by atoms with Crippen LogP contribution >= 0.6 is 11.8 Å². The fourth-order valence-corrected chi connectivity index (χ4v) is 2.77. The smallest absolute Gasteiger partial charge is 0.315 e. The first-order chi connectivity index (χ1) is 5.77. The first-order valence-corrected chi connectivity index (χ1v) is 5.51. The lowest BCUT2D eigenvalue weighted by molar-refractivity contribution is 0.247.